The lowest BCUT2D eigenvalue weighted by molar-refractivity contribution is 0.188. The predicted molar refractivity (Wildman–Crippen MR) is 68.0 cm³/mol. The summed E-state index contributed by atoms with van der Waals surface area (Å²) in [6, 6.07) is 9.90. The van der Waals surface area contributed by atoms with Gasteiger partial charge < -0.3 is 9.52 Å². The van der Waals surface area contributed by atoms with Gasteiger partial charge in [-0.3, -0.25) is 0 Å². The lowest BCUT2D eigenvalue weighted by Crippen LogP contribution is -2.00. The largest absolute Gasteiger partial charge is 0.466 e. The van der Waals surface area contributed by atoms with Gasteiger partial charge in [0.15, 0.2) is 0 Å². The molecule has 90 valence electrons. The molecule has 0 amide bonds. The molecule has 0 bridgehead atoms. The van der Waals surface area contributed by atoms with Crippen LogP contribution in [0.1, 0.15) is 48.3 Å². The first kappa shape index (κ1) is 11.9. The molecule has 1 aromatic carbocycles. The summed E-state index contributed by atoms with van der Waals surface area (Å²) in [7, 11) is 0. The van der Waals surface area contributed by atoms with Gasteiger partial charge in [0.25, 0.3) is 0 Å². The first-order valence-electron chi connectivity index (χ1n) is 5.91. The molecule has 2 heteroatoms. The number of benzene rings is 1. The highest BCUT2D eigenvalue weighted by Gasteiger charge is 2.16. The molecule has 1 unspecified atom stereocenters. The van der Waals surface area contributed by atoms with Crippen molar-refractivity contribution in [1.29, 1.82) is 0 Å². The average Bonchev–Trinajstić information content (AvgIpc) is 2.74. The third-order valence-electron chi connectivity index (χ3n) is 3.07. The van der Waals surface area contributed by atoms with E-state index < -0.39 is 6.10 Å². The zero-order chi connectivity index (χ0) is 12.4. The maximum Gasteiger partial charge on any atom is 0.139 e. The second-order valence-corrected chi connectivity index (χ2v) is 4.69. The fraction of sp³-hybridized carbons (Fsp3) is 0.333. The van der Waals surface area contributed by atoms with Crippen molar-refractivity contribution in [2.75, 3.05) is 0 Å². The van der Waals surface area contributed by atoms with Crippen LogP contribution in [0, 0.1) is 6.92 Å². The highest BCUT2D eigenvalue weighted by atomic mass is 16.4. The van der Waals surface area contributed by atoms with Gasteiger partial charge in [0, 0.05) is 0 Å². The van der Waals surface area contributed by atoms with E-state index >= 15 is 0 Å². The van der Waals surface area contributed by atoms with Crippen LogP contribution in [0.25, 0.3) is 0 Å². The molecule has 0 radical (unpaired) electrons. The van der Waals surface area contributed by atoms with E-state index in [4.69, 9.17) is 4.42 Å². The van der Waals surface area contributed by atoms with Crippen molar-refractivity contribution in [2.45, 2.75) is 32.8 Å². The van der Waals surface area contributed by atoms with E-state index in [0.717, 1.165) is 11.1 Å². The highest BCUT2D eigenvalue weighted by Crippen LogP contribution is 2.26. The summed E-state index contributed by atoms with van der Waals surface area (Å²) in [6.45, 7) is 6.24. The zero-order valence-electron chi connectivity index (χ0n) is 10.5. The van der Waals surface area contributed by atoms with Gasteiger partial charge in [-0.2, -0.15) is 0 Å². The number of aryl methyl sites for hydroxylation is 1. The van der Waals surface area contributed by atoms with E-state index in [1.165, 1.54) is 5.56 Å². The van der Waals surface area contributed by atoms with Gasteiger partial charge >= 0.3 is 0 Å². The van der Waals surface area contributed by atoms with Gasteiger partial charge in [-0.25, -0.2) is 0 Å². The topological polar surface area (TPSA) is 33.4 Å². The summed E-state index contributed by atoms with van der Waals surface area (Å²) in [6.07, 6.45) is 0.933. The van der Waals surface area contributed by atoms with E-state index in [0.29, 0.717) is 11.7 Å². The summed E-state index contributed by atoms with van der Waals surface area (Å²) < 4.78 is 5.31. The Morgan fingerprint density at radius 2 is 1.59 bits per heavy atom. The fourth-order valence-electron chi connectivity index (χ4n) is 1.88. The molecule has 17 heavy (non-hydrogen) atoms. The van der Waals surface area contributed by atoms with Crippen molar-refractivity contribution in [3.63, 3.8) is 0 Å². The van der Waals surface area contributed by atoms with Crippen molar-refractivity contribution in [2.24, 2.45) is 0 Å². The quantitative estimate of drug-likeness (QED) is 0.870. The Morgan fingerprint density at radius 3 is 2.06 bits per heavy atom. The van der Waals surface area contributed by atoms with Crippen LogP contribution < -0.4 is 0 Å². The highest BCUT2D eigenvalue weighted by molar-refractivity contribution is 5.31. The SMILES string of the molecule is Cc1ccoc1C(O)c1ccc(C(C)C)cc1. The summed E-state index contributed by atoms with van der Waals surface area (Å²) in [5.74, 6) is 1.13. The Kier molecular flexibility index (Phi) is 3.34. The van der Waals surface area contributed by atoms with Crippen molar-refractivity contribution < 1.29 is 9.52 Å². The number of rotatable bonds is 3. The van der Waals surface area contributed by atoms with Gasteiger partial charge in [0.2, 0.25) is 0 Å². The minimum absolute atomic E-state index is 0.506. The van der Waals surface area contributed by atoms with Gasteiger partial charge in [-0.1, -0.05) is 38.1 Å². The molecule has 0 aliphatic rings. The number of furan rings is 1. The molecule has 2 rings (SSSR count). The van der Waals surface area contributed by atoms with Gasteiger partial charge in [-0.15, -0.1) is 0 Å². The van der Waals surface area contributed by atoms with Crippen LogP contribution in [0.4, 0.5) is 0 Å². The molecule has 2 aromatic rings. The van der Waals surface area contributed by atoms with E-state index in [1.54, 1.807) is 6.26 Å². The Labute approximate surface area is 102 Å². The normalized spacial score (nSPS) is 13.0. The summed E-state index contributed by atoms with van der Waals surface area (Å²) >= 11 is 0. The maximum atomic E-state index is 10.2. The number of hydrogen-bond donors (Lipinski definition) is 1. The smallest absolute Gasteiger partial charge is 0.139 e. The lowest BCUT2D eigenvalue weighted by atomic mass is 9.98. The van der Waals surface area contributed by atoms with E-state index in [9.17, 15) is 5.11 Å². The molecular weight excluding hydrogens is 212 g/mol. The number of hydrogen-bond acceptors (Lipinski definition) is 2. The van der Waals surface area contributed by atoms with Crippen LogP contribution in [0.2, 0.25) is 0 Å². The van der Waals surface area contributed by atoms with E-state index in [1.807, 2.05) is 25.1 Å². The molecule has 2 nitrogen and oxygen atoms in total. The van der Waals surface area contributed by atoms with Crippen molar-refractivity contribution in [3.05, 3.63) is 59.0 Å². The van der Waals surface area contributed by atoms with Crippen LogP contribution in [-0.4, -0.2) is 5.11 Å². The van der Waals surface area contributed by atoms with Crippen LogP contribution in [-0.2, 0) is 0 Å². The minimum atomic E-state index is -0.675. The predicted octanol–water partition coefficient (Wildman–Crippen LogP) is 3.79. The van der Waals surface area contributed by atoms with Crippen LogP contribution in [0.5, 0.6) is 0 Å². The van der Waals surface area contributed by atoms with Crippen molar-refractivity contribution in [3.8, 4) is 0 Å². The fourth-order valence-corrected chi connectivity index (χ4v) is 1.88. The molecule has 0 spiro atoms. The third-order valence-corrected chi connectivity index (χ3v) is 3.07. The summed E-state index contributed by atoms with van der Waals surface area (Å²) in [4.78, 5) is 0. The molecule has 0 saturated carbocycles. The molecule has 1 aromatic heterocycles. The molecule has 0 saturated heterocycles. The van der Waals surface area contributed by atoms with Crippen LogP contribution in [0.15, 0.2) is 41.0 Å². The molecule has 1 atom stereocenters. The minimum Gasteiger partial charge on any atom is -0.466 e. The number of aliphatic hydroxyl groups excluding tert-OH is 1. The zero-order valence-corrected chi connectivity index (χ0v) is 10.5. The van der Waals surface area contributed by atoms with E-state index in [2.05, 4.69) is 26.0 Å². The van der Waals surface area contributed by atoms with Crippen LogP contribution in [0.3, 0.4) is 0 Å². The summed E-state index contributed by atoms with van der Waals surface area (Å²) in [5, 5.41) is 10.2. The second kappa shape index (κ2) is 4.76. The van der Waals surface area contributed by atoms with E-state index in [-0.39, 0.29) is 0 Å². The Hall–Kier alpha value is -1.54. The maximum absolute atomic E-state index is 10.2. The monoisotopic (exact) mass is 230 g/mol. The third kappa shape index (κ3) is 2.42. The molecule has 1 N–H and O–H groups in total. The molecule has 0 fully saturated rings. The van der Waals surface area contributed by atoms with Crippen LogP contribution >= 0.6 is 0 Å². The lowest BCUT2D eigenvalue weighted by Gasteiger charge is -2.11. The van der Waals surface area contributed by atoms with Gasteiger partial charge in [-0.05, 0) is 35.6 Å². The Balaban J connectivity index is 2.26. The number of aliphatic hydroxyl groups is 1. The van der Waals surface area contributed by atoms with Gasteiger partial charge in [0.1, 0.15) is 11.9 Å². The Morgan fingerprint density at radius 1 is 1.00 bits per heavy atom. The molecule has 1 heterocycles. The standard InChI is InChI=1S/C15H18O2/c1-10(2)12-4-6-13(7-5-12)14(16)15-11(3)8-9-17-15/h4-10,14,16H,1-3H3. The molecular formula is C15H18O2. The average molecular weight is 230 g/mol. The van der Waals surface area contributed by atoms with Gasteiger partial charge in [0.05, 0.1) is 6.26 Å². The first-order valence-corrected chi connectivity index (χ1v) is 5.91. The molecule has 0 aliphatic carbocycles. The first-order chi connectivity index (χ1) is 8.09. The molecule has 0 aliphatic heterocycles. The van der Waals surface area contributed by atoms with Crippen molar-refractivity contribution in [1.82, 2.24) is 0 Å². The van der Waals surface area contributed by atoms with Crippen molar-refractivity contribution >= 4 is 0 Å². The summed E-state index contributed by atoms with van der Waals surface area (Å²) in [5.41, 5.74) is 3.12. The second-order valence-electron chi connectivity index (χ2n) is 4.69. The Bertz CT molecular complexity index is 480.